The molecule has 0 amide bonds. The summed E-state index contributed by atoms with van der Waals surface area (Å²) in [5, 5.41) is 114. The van der Waals surface area contributed by atoms with Gasteiger partial charge in [-0.2, -0.15) is 0 Å². The Hall–Kier alpha value is -2.90. The number of carbonyl (C=O) groups is 4. The monoisotopic (exact) mass is 986 g/mol. The van der Waals surface area contributed by atoms with Gasteiger partial charge in [0, 0.05) is 0 Å². The molecule has 20 unspecified atom stereocenters. The van der Waals surface area contributed by atoms with E-state index >= 15 is 0 Å². The fourth-order valence-corrected chi connectivity index (χ4v) is 14.5. The Morgan fingerprint density at radius 2 is 1.45 bits per heavy atom. The molecule has 392 valence electrons. The number of carboxylic acids is 3. The molecule has 11 N–H and O–H groups in total. The predicted molar refractivity (Wildman–Crippen MR) is 234 cm³/mol. The fraction of sp³-hybridized carbons (Fsp3) is 0.875. The second kappa shape index (κ2) is 18.9. The maximum absolute atomic E-state index is 14.7. The zero-order chi connectivity index (χ0) is 51.2. The van der Waals surface area contributed by atoms with E-state index in [1.54, 1.807) is 0 Å². The number of hydrogen-bond donors (Lipinski definition) is 11. The fourth-order valence-electron chi connectivity index (χ4n) is 14.5. The Morgan fingerprint density at radius 3 is 2.06 bits per heavy atom. The molecule has 0 aromatic carbocycles. The summed E-state index contributed by atoms with van der Waals surface area (Å²) in [4.78, 5) is 50.5. The Morgan fingerprint density at radius 1 is 0.783 bits per heavy atom. The molecular weight excluding hydrogens is 913 g/mol. The van der Waals surface area contributed by atoms with E-state index < -0.39 is 134 Å². The number of esters is 1. The Kier molecular flexibility index (Phi) is 14.7. The molecular formula is C48H74O21. The highest BCUT2D eigenvalue weighted by Gasteiger charge is 2.70. The van der Waals surface area contributed by atoms with Gasteiger partial charge in [-0.25, -0.2) is 14.4 Å². The van der Waals surface area contributed by atoms with E-state index in [1.165, 1.54) is 5.57 Å². The zero-order valence-electron chi connectivity index (χ0n) is 40.4. The second-order valence-corrected chi connectivity index (χ2v) is 23.2. The van der Waals surface area contributed by atoms with Crippen LogP contribution in [0.15, 0.2) is 11.6 Å². The summed E-state index contributed by atoms with van der Waals surface area (Å²) in [6.07, 6.45) is -12.4. The summed E-state index contributed by atoms with van der Waals surface area (Å²) in [6, 6.07) is 0. The molecule has 5 aliphatic carbocycles. The first kappa shape index (κ1) is 53.9. The van der Waals surface area contributed by atoms with Crippen molar-refractivity contribution in [1.82, 2.24) is 0 Å². The first-order valence-corrected chi connectivity index (χ1v) is 24.2. The van der Waals surface area contributed by atoms with Crippen LogP contribution in [0.4, 0.5) is 0 Å². The summed E-state index contributed by atoms with van der Waals surface area (Å²) < 4.78 is 34.3. The van der Waals surface area contributed by atoms with Crippen LogP contribution < -0.4 is 0 Å². The molecule has 2 saturated heterocycles. The highest BCUT2D eigenvalue weighted by atomic mass is 16.7. The van der Waals surface area contributed by atoms with Crippen molar-refractivity contribution >= 4 is 23.9 Å². The number of carbonyl (C=O) groups excluding carboxylic acids is 1. The number of aliphatic hydroxyl groups is 8. The smallest absolute Gasteiger partial charge is 0.343 e. The quantitative estimate of drug-likeness (QED) is 0.0493. The SMILES string of the molecule is CC1(C)CCC2(C(=O)OC3OC(CO)C(O)C(O)C3O)CCC3(C)C(=CCC4C5(C)CCC(OC6OC(C(=O)O)C(O)C(OC(OCC(=O)O)C(O)(CO)C(=O)O)C6O)C(C)(C)C5CCC43C)C2C1. The Labute approximate surface area is 400 Å². The van der Waals surface area contributed by atoms with Gasteiger partial charge in [-0.15, -0.1) is 0 Å². The van der Waals surface area contributed by atoms with E-state index in [0.29, 0.717) is 44.9 Å². The van der Waals surface area contributed by atoms with Crippen molar-refractivity contribution < 1.29 is 104 Å². The lowest BCUT2D eigenvalue weighted by Crippen LogP contribution is -2.67. The molecule has 0 spiro atoms. The van der Waals surface area contributed by atoms with E-state index in [4.69, 9.17) is 28.4 Å². The number of carboxylic acid groups (broad SMARTS) is 3. The topological polar surface area (TPSA) is 346 Å². The van der Waals surface area contributed by atoms with Gasteiger partial charge in [-0.1, -0.05) is 60.1 Å². The molecule has 7 rings (SSSR count). The molecule has 4 saturated carbocycles. The van der Waals surface area contributed by atoms with E-state index in [1.807, 2.05) is 13.8 Å². The van der Waals surface area contributed by atoms with Crippen LogP contribution in [0.1, 0.15) is 113 Å². The van der Waals surface area contributed by atoms with Gasteiger partial charge < -0.3 is 84.6 Å². The van der Waals surface area contributed by atoms with E-state index in [9.17, 15) is 75.3 Å². The van der Waals surface area contributed by atoms with Gasteiger partial charge in [-0.3, -0.25) is 4.79 Å². The number of ether oxygens (including phenoxy) is 6. The first-order valence-electron chi connectivity index (χ1n) is 24.2. The van der Waals surface area contributed by atoms with Crippen molar-refractivity contribution in [3.8, 4) is 0 Å². The Balaban J connectivity index is 1.14. The van der Waals surface area contributed by atoms with Crippen molar-refractivity contribution in [2.75, 3.05) is 19.8 Å². The van der Waals surface area contributed by atoms with Crippen LogP contribution in [-0.4, -0.2) is 179 Å². The second-order valence-electron chi connectivity index (χ2n) is 23.2. The van der Waals surface area contributed by atoms with Crippen LogP contribution in [0.5, 0.6) is 0 Å². The van der Waals surface area contributed by atoms with Gasteiger partial charge in [0.2, 0.25) is 18.2 Å². The molecule has 20 atom stereocenters. The number of rotatable bonds is 14. The molecule has 0 bridgehead atoms. The summed E-state index contributed by atoms with van der Waals surface area (Å²) in [6.45, 7) is 12.0. The molecule has 2 aliphatic heterocycles. The van der Waals surface area contributed by atoms with Crippen molar-refractivity contribution in [2.45, 2.75) is 192 Å². The average Bonchev–Trinajstić information content (AvgIpc) is 3.27. The lowest BCUT2D eigenvalue weighted by molar-refractivity contribution is -0.352. The molecule has 21 heteroatoms. The summed E-state index contributed by atoms with van der Waals surface area (Å²) in [5.41, 5.74) is -4.66. The number of fused-ring (bicyclic) bond motifs is 7. The lowest BCUT2D eigenvalue weighted by Gasteiger charge is -2.71. The highest BCUT2D eigenvalue weighted by molar-refractivity contribution is 5.79. The van der Waals surface area contributed by atoms with Gasteiger partial charge in [0.05, 0.1) is 24.7 Å². The number of aliphatic hydroxyl groups excluding tert-OH is 7. The average molecular weight is 987 g/mol. The van der Waals surface area contributed by atoms with Crippen LogP contribution >= 0.6 is 0 Å². The highest BCUT2D eigenvalue weighted by Crippen LogP contribution is 2.76. The molecule has 7 aliphatic rings. The third-order valence-electron chi connectivity index (χ3n) is 18.8. The molecule has 6 fully saturated rings. The van der Waals surface area contributed by atoms with Gasteiger partial charge in [0.25, 0.3) is 0 Å². The maximum atomic E-state index is 14.7. The molecule has 69 heavy (non-hydrogen) atoms. The van der Waals surface area contributed by atoms with E-state index in [2.05, 4.69) is 40.7 Å². The minimum atomic E-state index is -3.31. The van der Waals surface area contributed by atoms with Crippen molar-refractivity contribution in [1.29, 1.82) is 0 Å². The van der Waals surface area contributed by atoms with Crippen LogP contribution in [0.25, 0.3) is 0 Å². The van der Waals surface area contributed by atoms with Crippen molar-refractivity contribution in [3.63, 3.8) is 0 Å². The number of aliphatic carboxylic acids is 3. The van der Waals surface area contributed by atoms with Crippen LogP contribution in [-0.2, 0) is 47.6 Å². The standard InChI is InChI=1S/C48H74O21/c1-42(2)14-16-47(40(62)69-37-31(55)30(54)29(53)24(19-49)65-37)17-15-45(6)22(23(47)18-42)8-9-26-44(5)12-11-27(43(3,4)25(44)10-13-46(26,45)7)66-38-33(57)34(32(56)35(67-38)36(58)59)68-41(64-20-28(51)52)48(63,21-50)39(60)61/h8,23-27,29-35,37-38,41,49-50,53-57,63H,9-21H2,1-7H3,(H,51,52)(H,58,59)(H,60,61). The molecule has 2 heterocycles. The zero-order valence-corrected chi connectivity index (χ0v) is 40.4. The summed E-state index contributed by atoms with van der Waals surface area (Å²) in [5.74, 6) is -5.98. The number of allylic oxidation sites excluding steroid dienone is 2. The lowest BCUT2D eigenvalue weighted by atomic mass is 9.33. The van der Waals surface area contributed by atoms with Gasteiger partial charge in [-0.05, 0) is 109 Å². The molecule has 0 radical (unpaired) electrons. The predicted octanol–water partition coefficient (Wildman–Crippen LogP) is 0.668. The van der Waals surface area contributed by atoms with Gasteiger partial charge in [0.1, 0.15) is 49.3 Å². The van der Waals surface area contributed by atoms with Crippen molar-refractivity contribution in [2.24, 2.45) is 50.2 Å². The number of hydrogen-bond acceptors (Lipinski definition) is 18. The third-order valence-corrected chi connectivity index (χ3v) is 18.8. The van der Waals surface area contributed by atoms with E-state index in [0.717, 1.165) is 19.3 Å². The van der Waals surface area contributed by atoms with Crippen LogP contribution in [0.2, 0.25) is 0 Å². The van der Waals surface area contributed by atoms with Gasteiger partial charge >= 0.3 is 23.9 Å². The van der Waals surface area contributed by atoms with Crippen LogP contribution in [0.3, 0.4) is 0 Å². The normalized spacial score (nSPS) is 46.0. The maximum Gasteiger partial charge on any atom is 0.343 e. The molecule has 0 aromatic rings. The molecule has 21 nitrogen and oxygen atoms in total. The van der Waals surface area contributed by atoms with Gasteiger partial charge in [0.15, 0.2) is 12.4 Å². The summed E-state index contributed by atoms with van der Waals surface area (Å²) >= 11 is 0. The minimum absolute atomic E-state index is 0.0164. The van der Waals surface area contributed by atoms with Crippen molar-refractivity contribution in [3.05, 3.63) is 11.6 Å². The van der Waals surface area contributed by atoms with Crippen LogP contribution in [0, 0.1) is 50.2 Å². The first-order chi connectivity index (χ1) is 32.0. The van der Waals surface area contributed by atoms with E-state index in [-0.39, 0.29) is 39.4 Å². The minimum Gasteiger partial charge on any atom is -0.480 e. The largest absolute Gasteiger partial charge is 0.480 e. The molecule has 0 aromatic heterocycles. The Bertz CT molecular complexity index is 1990. The summed E-state index contributed by atoms with van der Waals surface area (Å²) in [7, 11) is 0. The third kappa shape index (κ3) is 8.75.